The van der Waals surface area contributed by atoms with Gasteiger partial charge in [-0.3, -0.25) is 9.48 Å². The van der Waals surface area contributed by atoms with Crippen LogP contribution >= 0.6 is 0 Å². The molecule has 1 saturated heterocycles. The highest BCUT2D eigenvalue weighted by atomic mass is 16.2. The second kappa shape index (κ2) is 8.24. The molecular weight excluding hydrogens is 392 g/mol. The molecule has 2 aromatic carbocycles. The van der Waals surface area contributed by atoms with Gasteiger partial charge in [-0.2, -0.15) is 15.5 Å². The number of aromatic nitrogens is 2. The highest BCUT2D eigenvalue weighted by Crippen LogP contribution is 2.29. The van der Waals surface area contributed by atoms with Crippen LogP contribution in [0.1, 0.15) is 24.5 Å². The number of nitrogens with one attached hydrogen (secondary N) is 1. The molecule has 0 aliphatic carbocycles. The molecule has 1 aromatic heterocycles. The smallest absolute Gasteiger partial charge is 0.318 e. The Balaban J connectivity index is 1.65. The second-order valence-corrected chi connectivity index (χ2v) is 7.25. The molecule has 1 aliphatic rings. The van der Waals surface area contributed by atoms with Crippen molar-refractivity contribution in [3.63, 3.8) is 0 Å². The van der Waals surface area contributed by atoms with E-state index in [-0.39, 0.29) is 0 Å². The summed E-state index contributed by atoms with van der Waals surface area (Å²) in [4.78, 5) is 25.6. The maximum atomic E-state index is 13.0. The molecule has 0 unspecified atom stereocenters. The van der Waals surface area contributed by atoms with Crippen LogP contribution in [0.4, 0.5) is 4.79 Å². The number of hydrogen-bond donors (Lipinski definition) is 1. The molecule has 3 amide bonds. The van der Waals surface area contributed by atoms with Crippen LogP contribution < -0.4 is 5.32 Å². The number of rotatable bonds is 6. The van der Waals surface area contributed by atoms with E-state index in [0.717, 1.165) is 10.6 Å². The summed E-state index contributed by atoms with van der Waals surface area (Å²) in [7, 11) is 0. The highest BCUT2D eigenvalue weighted by Gasteiger charge is 2.49. The quantitative estimate of drug-likeness (QED) is 0.496. The number of hydrogen-bond acceptors (Lipinski definition) is 5. The summed E-state index contributed by atoms with van der Waals surface area (Å²) in [5, 5.41) is 21.2. The van der Waals surface area contributed by atoms with Crippen LogP contribution in [-0.4, -0.2) is 32.9 Å². The van der Waals surface area contributed by atoms with Gasteiger partial charge in [-0.15, -0.1) is 5.01 Å². The molecule has 154 valence electrons. The summed E-state index contributed by atoms with van der Waals surface area (Å²) in [6.07, 6.45) is 3.51. The van der Waals surface area contributed by atoms with Gasteiger partial charge in [0, 0.05) is 17.3 Å². The van der Waals surface area contributed by atoms with Crippen LogP contribution in [0.2, 0.25) is 0 Å². The molecule has 0 spiro atoms. The van der Waals surface area contributed by atoms with E-state index in [4.69, 9.17) is 5.26 Å². The topological polar surface area (TPSA) is 103 Å². The molecule has 1 fully saturated rings. The fourth-order valence-electron chi connectivity index (χ4n) is 3.45. The van der Waals surface area contributed by atoms with E-state index in [1.165, 1.54) is 6.21 Å². The van der Waals surface area contributed by atoms with Gasteiger partial charge >= 0.3 is 6.03 Å². The van der Waals surface area contributed by atoms with Crippen molar-refractivity contribution in [1.82, 2.24) is 20.1 Å². The molecule has 3 aromatic rings. The van der Waals surface area contributed by atoms with E-state index in [0.29, 0.717) is 29.8 Å². The molecule has 31 heavy (non-hydrogen) atoms. The normalized spacial score (nSPS) is 18.4. The number of benzene rings is 2. The van der Waals surface area contributed by atoms with Crippen molar-refractivity contribution in [3.05, 3.63) is 78.0 Å². The Bertz CT molecular complexity index is 1180. The van der Waals surface area contributed by atoms with Gasteiger partial charge in [0.15, 0.2) is 0 Å². The SMILES string of the molecule is C[C@@]1(c2ccccc2)NC(=O)N(/N=C\c2cn(CCC#N)nc2-c2ccccc2)C1=O. The number of hydrazone groups is 1. The lowest BCUT2D eigenvalue weighted by Crippen LogP contribution is -2.40. The molecular formula is C23H20N6O2. The molecule has 8 nitrogen and oxygen atoms in total. The second-order valence-electron chi connectivity index (χ2n) is 7.25. The van der Waals surface area contributed by atoms with E-state index in [1.54, 1.807) is 29.9 Å². The Hall–Kier alpha value is -4.25. The number of amides is 3. The monoisotopic (exact) mass is 412 g/mol. The third kappa shape index (κ3) is 3.81. The summed E-state index contributed by atoms with van der Waals surface area (Å²) in [6, 6.07) is 20.1. The largest absolute Gasteiger partial charge is 0.346 e. The Morgan fingerprint density at radius 2 is 1.81 bits per heavy atom. The summed E-state index contributed by atoms with van der Waals surface area (Å²) in [6.45, 7) is 2.09. The molecule has 4 rings (SSSR count). The lowest BCUT2D eigenvalue weighted by atomic mass is 9.92. The van der Waals surface area contributed by atoms with Gasteiger partial charge in [0.25, 0.3) is 5.91 Å². The fourth-order valence-corrected chi connectivity index (χ4v) is 3.45. The van der Waals surface area contributed by atoms with Gasteiger partial charge in [0.1, 0.15) is 11.2 Å². The van der Waals surface area contributed by atoms with Gasteiger partial charge in [-0.05, 0) is 12.5 Å². The average molecular weight is 412 g/mol. The Morgan fingerprint density at radius 3 is 2.48 bits per heavy atom. The summed E-state index contributed by atoms with van der Waals surface area (Å²) in [5.41, 5.74) is 1.65. The first kappa shape index (κ1) is 20.0. The Labute approximate surface area is 179 Å². The van der Waals surface area contributed by atoms with Crippen LogP contribution in [0, 0.1) is 11.3 Å². The average Bonchev–Trinajstić information content (AvgIpc) is 3.30. The molecule has 0 bridgehead atoms. The Morgan fingerprint density at radius 1 is 1.13 bits per heavy atom. The molecule has 1 aliphatic heterocycles. The highest BCUT2D eigenvalue weighted by molar-refractivity contribution is 6.07. The molecule has 0 radical (unpaired) electrons. The lowest BCUT2D eigenvalue weighted by molar-refractivity contribution is -0.131. The number of nitriles is 1. The summed E-state index contributed by atoms with van der Waals surface area (Å²) >= 11 is 0. The van der Waals surface area contributed by atoms with E-state index >= 15 is 0 Å². The van der Waals surface area contributed by atoms with Crippen molar-refractivity contribution < 1.29 is 9.59 Å². The van der Waals surface area contributed by atoms with Gasteiger partial charge in [0.05, 0.1) is 25.2 Å². The number of carbonyl (C=O) groups is 2. The van der Waals surface area contributed by atoms with Crippen LogP contribution in [0.5, 0.6) is 0 Å². The lowest BCUT2D eigenvalue weighted by Gasteiger charge is -2.20. The number of imide groups is 1. The van der Waals surface area contributed by atoms with Crippen molar-refractivity contribution in [2.24, 2.45) is 5.10 Å². The van der Waals surface area contributed by atoms with Gasteiger partial charge < -0.3 is 5.32 Å². The zero-order valence-corrected chi connectivity index (χ0v) is 16.9. The fraction of sp³-hybridized carbons (Fsp3) is 0.174. The predicted molar refractivity (Wildman–Crippen MR) is 115 cm³/mol. The van der Waals surface area contributed by atoms with Crippen molar-refractivity contribution >= 4 is 18.2 Å². The first-order valence-corrected chi connectivity index (χ1v) is 9.79. The van der Waals surface area contributed by atoms with Crippen LogP contribution in [0.25, 0.3) is 11.3 Å². The number of nitrogens with zero attached hydrogens (tertiary/aromatic N) is 5. The first-order chi connectivity index (χ1) is 15.0. The van der Waals surface area contributed by atoms with Gasteiger partial charge in [-0.1, -0.05) is 60.7 Å². The number of aryl methyl sites for hydroxylation is 1. The van der Waals surface area contributed by atoms with E-state index < -0.39 is 17.5 Å². The third-order valence-corrected chi connectivity index (χ3v) is 5.12. The molecule has 1 atom stereocenters. The maximum absolute atomic E-state index is 13.0. The van der Waals surface area contributed by atoms with Crippen LogP contribution in [0.15, 0.2) is 72.0 Å². The standard InChI is InChI=1S/C23H20N6O2/c1-23(19-11-6-3-7-12-19)21(30)29(22(31)26-23)25-15-18-16-28(14-8-13-24)27-20(18)17-9-4-2-5-10-17/h2-7,9-12,15-16H,8,14H2,1H3,(H,26,31)/b25-15-/t23-/m0/s1. The zero-order chi connectivity index (χ0) is 21.8. The number of carbonyl (C=O) groups excluding carboxylic acids is 2. The minimum absolute atomic E-state index is 0.314. The van der Waals surface area contributed by atoms with Gasteiger partial charge in [-0.25, -0.2) is 4.79 Å². The third-order valence-electron chi connectivity index (χ3n) is 5.12. The number of urea groups is 1. The minimum Gasteiger partial charge on any atom is -0.318 e. The maximum Gasteiger partial charge on any atom is 0.346 e. The molecule has 2 heterocycles. The van der Waals surface area contributed by atoms with E-state index in [2.05, 4.69) is 21.6 Å². The van der Waals surface area contributed by atoms with E-state index in [1.807, 2.05) is 48.5 Å². The molecule has 0 saturated carbocycles. The van der Waals surface area contributed by atoms with Crippen molar-refractivity contribution in [1.29, 1.82) is 5.26 Å². The Kier molecular flexibility index (Phi) is 5.33. The molecule has 8 heteroatoms. The van der Waals surface area contributed by atoms with Crippen molar-refractivity contribution in [3.8, 4) is 17.3 Å². The van der Waals surface area contributed by atoms with Crippen LogP contribution in [0.3, 0.4) is 0 Å². The predicted octanol–water partition coefficient (Wildman–Crippen LogP) is 3.26. The van der Waals surface area contributed by atoms with E-state index in [9.17, 15) is 9.59 Å². The summed E-state index contributed by atoms with van der Waals surface area (Å²) < 4.78 is 1.66. The van der Waals surface area contributed by atoms with Gasteiger partial charge in [0.2, 0.25) is 0 Å². The first-order valence-electron chi connectivity index (χ1n) is 9.79. The molecule has 1 N–H and O–H groups in total. The summed E-state index contributed by atoms with van der Waals surface area (Å²) in [5.74, 6) is -0.460. The minimum atomic E-state index is -1.19. The van der Waals surface area contributed by atoms with Crippen molar-refractivity contribution in [2.75, 3.05) is 0 Å². The van der Waals surface area contributed by atoms with Crippen LogP contribution in [-0.2, 0) is 16.9 Å². The van der Waals surface area contributed by atoms with Crippen molar-refractivity contribution in [2.45, 2.75) is 25.4 Å². The zero-order valence-electron chi connectivity index (χ0n) is 16.9.